The van der Waals surface area contributed by atoms with E-state index in [0.29, 0.717) is 40.7 Å². The van der Waals surface area contributed by atoms with Crippen LogP contribution in [0, 0.1) is 24.0 Å². The summed E-state index contributed by atoms with van der Waals surface area (Å²) in [4.78, 5) is 23.6. The predicted molar refractivity (Wildman–Crippen MR) is 128 cm³/mol. The SMILES string of the molecule is COc1ccc(NC(=O)c2ccc(Cn3nc(C)c([N+](=O)[O-])c3C)cc2)cc1OC1CCCC1. The van der Waals surface area contributed by atoms with Gasteiger partial charge >= 0.3 is 5.69 Å². The Kier molecular flexibility index (Phi) is 6.81. The molecule has 0 bridgehead atoms. The number of hydrogen-bond acceptors (Lipinski definition) is 6. The molecule has 2 aromatic carbocycles. The highest BCUT2D eigenvalue weighted by molar-refractivity contribution is 6.04. The zero-order chi connectivity index (χ0) is 24.2. The molecule has 4 rings (SSSR count). The molecule has 0 saturated heterocycles. The number of amides is 1. The highest BCUT2D eigenvalue weighted by Gasteiger charge is 2.22. The van der Waals surface area contributed by atoms with E-state index in [9.17, 15) is 14.9 Å². The molecule has 9 heteroatoms. The van der Waals surface area contributed by atoms with Crippen LogP contribution in [0.5, 0.6) is 11.5 Å². The molecule has 0 spiro atoms. The molecule has 0 unspecified atom stereocenters. The number of hydrogen-bond donors (Lipinski definition) is 1. The van der Waals surface area contributed by atoms with Gasteiger partial charge in [0.25, 0.3) is 5.91 Å². The summed E-state index contributed by atoms with van der Waals surface area (Å²) in [6, 6.07) is 12.5. The van der Waals surface area contributed by atoms with Crippen LogP contribution in [-0.4, -0.2) is 33.8 Å². The second-order valence-electron chi connectivity index (χ2n) is 8.48. The molecule has 1 aliphatic rings. The van der Waals surface area contributed by atoms with Gasteiger partial charge in [-0.1, -0.05) is 12.1 Å². The van der Waals surface area contributed by atoms with Crippen LogP contribution in [0.2, 0.25) is 0 Å². The van der Waals surface area contributed by atoms with Gasteiger partial charge in [0.2, 0.25) is 0 Å². The lowest BCUT2D eigenvalue weighted by Gasteiger charge is -2.17. The van der Waals surface area contributed by atoms with Crippen LogP contribution in [0.15, 0.2) is 42.5 Å². The van der Waals surface area contributed by atoms with Crippen LogP contribution in [0.1, 0.15) is 53.0 Å². The van der Waals surface area contributed by atoms with Gasteiger partial charge in [0.05, 0.1) is 24.7 Å². The molecule has 9 nitrogen and oxygen atoms in total. The number of anilines is 1. The molecule has 1 aromatic heterocycles. The number of benzene rings is 2. The number of methoxy groups -OCH3 is 1. The van der Waals surface area contributed by atoms with Gasteiger partial charge in [0.15, 0.2) is 11.5 Å². The van der Waals surface area contributed by atoms with Crippen LogP contribution in [-0.2, 0) is 6.54 Å². The lowest BCUT2D eigenvalue weighted by molar-refractivity contribution is -0.386. The summed E-state index contributed by atoms with van der Waals surface area (Å²) in [5, 5.41) is 18.4. The number of carbonyl (C=O) groups excluding carboxylic acids is 1. The normalized spacial score (nSPS) is 13.6. The summed E-state index contributed by atoms with van der Waals surface area (Å²) in [5.74, 6) is 1.02. The fourth-order valence-corrected chi connectivity index (χ4v) is 4.28. The maximum atomic E-state index is 12.8. The number of nitrogens with one attached hydrogen (secondary N) is 1. The van der Waals surface area contributed by atoms with E-state index in [1.54, 1.807) is 56.0 Å². The second kappa shape index (κ2) is 9.94. The number of rotatable bonds is 8. The van der Waals surface area contributed by atoms with Gasteiger partial charge in [-0.25, -0.2) is 0 Å². The van der Waals surface area contributed by atoms with Crippen LogP contribution in [0.25, 0.3) is 0 Å². The van der Waals surface area contributed by atoms with Crippen molar-refractivity contribution in [2.75, 3.05) is 12.4 Å². The van der Waals surface area contributed by atoms with Gasteiger partial charge < -0.3 is 14.8 Å². The van der Waals surface area contributed by atoms with E-state index in [1.165, 1.54) is 0 Å². The van der Waals surface area contributed by atoms with Crippen molar-refractivity contribution in [3.05, 3.63) is 75.1 Å². The van der Waals surface area contributed by atoms with E-state index in [2.05, 4.69) is 10.4 Å². The standard InChI is InChI=1S/C25H28N4O5/c1-16-24(29(31)32)17(2)28(27-16)15-18-8-10-19(11-9-18)25(30)26-20-12-13-22(33-3)23(14-20)34-21-6-4-5-7-21/h8-14,21H,4-7,15H2,1-3H3,(H,26,30). The van der Waals surface area contributed by atoms with E-state index in [4.69, 9.17) is 9.47 Å². The fraction of sp³-hybridized carbons (Fsp3) is 0.360. The largest absolute Gasteiger partial charge is 0.493 e. The maximum absolute atomic E-state index is 12.8. The summed E-state index contributed by atoms with van der Waals surface area (Å²) in [7, 11) is 1.60. The molecule has 178 valence electrons. The molecule has 1 N–H and O–H groups in total. The van der Waals surface area contributed by atoms with Gasteiger partial charge in [-0.3, -0.25) is 19.6 Å². The van der Waals surface area contributed by atoms with Gasteiger partial charge in [-0.15, -0.1) is 0 Å². The van der Waals surface area contributed by atoms with Crippen LogP contribution in [0.3, 0.4) is 0 Å². The summed E-state index contributed by atoms with van der Waals surface area (Å²) in [6.07, 6.45) is 4.55. The Labute approximate surface area is 197 Å². The number of aromatic nitrogens is 2. The van der Waals surface area contributed by atoms with E-state index in [1.807, 2.05) is 12.1 Å². The molecule has 1 aliphatic carbocycles. The minimum absolute atomic E-state index is 0.0340. The lowest BCUT2D eigenvalue weighted by Crippen LogP contribution is -2.14. The van der Waals surface area contributed by atoms with E-state index in [0.717, 1.165) is 31.2 Å². The number of carbonyl (C=O) groups is 1. The molecular formula is C25H28N4O5. The first-order chi connectivity index (χ1) is 16.4. The first kappa shape index (κ1) is 23.3. The van der Waals surface area contributed by atoms with E-state index in [-0.39, 0.29) is 17.7 Å². The summed E-state index contributed by atoms with van der Waals surface area (Å²) in [6.45, 7) is 3.68. The molecule has 34 heavy (non-hydrogen) atoms. The zero-order valence-corrected chi connectivity index (χ0v) is 19.5. The second-order valence-corrected chi connectivity index (χ2v) is 8.48. The van der Waals surface area contributed by atoms with Crippen molar-refractivity contribution in [1.82, 2.24) is 9.78 Å². The third-order valence-electron chi connectivity index (χ3n) is 6.09. The fourth-order valence-electron chi connectivity index (χ4n) is 4.28. The van der Waals surface area contributed by atoms with Crippen LogP contribution < -0.4 is 14.8 Å². The van der Waals surface area contributed by atoms with Crippen molar-refractivity contribution in [2.24, 2.45) is 0 Å². The number of nitro groups is 1. The third kappa shape index (κ3) is 5.03. The van der Waals surface area contributed by atoms with Crippen LogP contribution >= 0.6 is 0 Å². The Morgan fingerprint density at radius 3 is 2.47 bits per heavy atom. The molecular weight excluding hydrogens is 436 g/mol. The molecule has 1 heterocycles. The quantitative estimate of drug-likeness (QED) is 0.370. The first-order valence-electron chi connectivity index (χ1n) is 11.3. The van der Waals surface area contributed by atoms with Crippen molar-refractivity contribution >= 4 is 17.3 Å². The average Bonchev–Trinajstić information content (AvgIpc) is 3.41. The topological polar surface area (TPSA) is 109 Å². The Hall–Kier alpha value is -3.88. The first-order valence-corrected chi connectivity index (χ1v) is 11.3. The Balaban J connectivity index is 1.44. The van der Waals surface area contributed by atoms with Gasteiger partial charge in [0, 0.05) is 17.3 Å². The van der Waals surface area contributed by atoms with Crippen molar-refractivity contribution in [1.29, 1.82) is 0 Å². The Morgan fingerprint density at radius 1 is 1.15 bits per heavy atom. The van der Waals surface area contributed by atoms with Crippen molar-refractivity contribution in [3.8, 4) is 11.5 Å². The van der Waals surface area contributed by atoms with E-state index < -0.39 is 4.92 Å². The highest BCUT2D eigenvalue weighted by atomic mass is 16.6. The molecule has 1 fully saturated rings. The number of aryl methyl sites for hydroxylation is 1. The van der Waals surface area contributed by atoms with Gasteiger partial charge in [-0.05, 0) is 69.4 Å². The molecule has 1 amide bonds. The van der Waals surface area contributed by atoms with Crippen molar-refractivity contribution < 1.29 is 19.2 Å². The Morgan fingerprint density at radius 2 is 1.85 bits per heavy atom. The van der Waals surface area contributed by atoms with E-state index >= 15 is 0 Å². The van der Waals surface area contributed by atoms with Gasteiger partial charge in [0.1, 0.15) is 11.4 Å². The summed E-state index contributed by atoms with van der Waals surface area (Å²) in [5.41, 5.74) is 2.92. The zero-order valence-electron chi connectivity index (χ0n) is 19.5. The smallest absolute Gasteiger partial charge is 0.312 e. The van der Waals surface area contributed by atoms with Gasteiger partial charge in [-0.2, -0.15) is 5.10 Å². The highest BCUT2D eigenvalue weighted by Crippen LogP contribution is 2.34. The molecule has 1 saturated carbocycles. The summed E-state index contributed by atoms with van der Waals surface area (Å²) < 4.78 is 13.1. The molecule has 3 aromatic rings. The monoisotopic (exact) mass is 464 g/mol. The van der Waals surface area contributed by atoms with Crippen molar-refractivity contribution in [2.45, 2.75) is 52.2 Å². The number of nitrogens with zero attached hydrogens (tertiary/aromatic N) is 3. The Bertz CT molecular complexity index is 1200. The lowest BCUT2D eigenvalue weighted by atomic mass is 10.1. The maximum Gasteiger partial charge on any atom is 0.312 e. The predicted octanol–water partition coefficient (Wildman–Crippen LogP) is 5.04. The molecule has 0 atom stereocenters. The number of ether oxygens (including phenoxy) is 2. The minimum Gasteiger partial charge on any atom is -0.493 e. The summed E-state index contributed by atoms with van der Waals surface area (Å²) >= 11 is 0. The van der Waals surface area contributed by atoms with Crippen molar-refractivity contribution in [3.63, 3.8) is 0 Å². The third-order valence-corrected chi connectivity index (χ3v) is 6.09. The molecule has 0 radical (unpaired) electrons. The van der Waals surface area contributed by atoms with Crippen LogP contribution in [0.4, 0.5) is 11.4 Å². The molecule has 0 aliphatic heterocycles. The minimum atomic E-state index is -0.412. The average molecular weight is 465 g/mol.